The quantitative estimate of drug-likeness (QED) is 0.629. The van der Waals surface area contributed by atoms with Gasteiger partial charge in [-0.3, -0.25) is 0 Å². The van der Waals surface area contributed by atoms with Gasteiger partial charge in [0.2, 0.25) is 0 Å². The van der Waals surface area contributed by atoms with Crippen molar-refractivity contribution >= 4 is 0 Å². The molecule has 0 saturated heterocycles. The van der Waals surface area contributed by atoms with Gasteiger partial charge in [0.15, 0.2) is 0 Å². The van der Waals surface area contributed by atoms with Gasteiger partial charge in [-0.1, -0.05) is 19.8 Å². The topological polar surface area (TPSA) is 41.5 Å². The summed E-state index contributed by atoms with van der Waals surface area (Å²) in [5.41, 5.74) is 0. The number of hydrogen-bond acceptors (Lipinski definition) is 3. The Kier molecular flexibility index (Phi) is 5.35. The van der Waals surface area contributed by atoms with Crippen LogP contribution in [0.15, 0.2) is 0 Å². The van der Waals surface area contributed by atoms with E-state index in [4.69, 9.17) is 4.74 Å². The smallest absolute Gasteiger partial charge is 0.0834 e. The van der Waals surface area contributed by atoms with Gasteiger partial charge < -0.3 is 15.2 Å². The highest BCUT2D eigenvalue weighted by molar-refractivity contribution is 4.74. The molecule has 0 spiro atoms. The summed E-state index contributed by atoms with van der Waals surface area (Å²) in [4.78, 5) is 0. The summed E-state index contributed by atoms with van der Waals surface area (Å²) in [7, 11) is 0. The fourth-order valence-electron chi connectivity index (χ4n) is 1.73. The number of likely N-dealkylation sites (N-methyl/N-ethyl adjacent to an activating group) is 1. The predicted molar refractivity (Wildman–Crippen MR) is 52.8 cm³/mol. The van der Waals surface area contributed by atoms with Crippen LogP contribution >= 0.6 is 0 Å². The maximum atomic E-state index is 9.58. The highest BCUT2D eigenvalue weighted by Crippen LogP contribution is 2.20. The van der Waals surface area contributed by atoms with Crippen molar-refractivity contribution in [3.05, 3.63) is 0 Å². The molecule has 0 heterocycles. The molecule has 2 N–H and O–H groups in total. The van der Waals surface area contributed by atoms with Crippen molar-refractivity contribution in [1.82, 2.24) is 5.32 Å². The molecule has 2 atom stereocenters. The molecule has 0 amide bonds. The van der Waals surface area contributed by atoms with Crippen molar-refractivity contribution in [3.63, 3.8) is 0 Å². The summed E-state index contributed by atoms with van der Waals surface area (Å²) in [5, 5.41) is 12.8. The number of aliphatic hydroxyl groups is 1. The van der Waals surface area contributed by atoms with E-state index in [1.807, 2.05) is 0 Å². The minimum absolute atomic E-state index is 0.0902. The molecule has 78 valence electrons. The minimum Gasteiger partial charge on any atom is -0.390 e. The largest absolute Gasteiger partial charge is 0.390 e. The Morgan fingerprint density at radius 3 is 2.85 bits per heavy atom. The lowest BCUT2D eigenvalue weighted by atomic mass is 9.95. The van der Waals surface area contributed by atoms with E-state index in [0.29, 0.717) is 0 Å². The second-order valence-electron chi connectivity index (χ2n) is 3.61. The number of rotatable bonds is 5. The van der Waals surface area contributed by atoms with Crippen LogP contribution in [0.2, 0.25) is 0 Å². The van der Waals surface area contributed by atoms with Crippen molar-refractivity contribution in [2.45, 2.75) is 44.8 Å². The summed E-state index contributed by atoms with van der Waals surface area (Å²) in [6, 6.07) is 0. The highest BCUT2D eigenvalue weighted by Gasteiger charge is 2.22. The second-order valence-corrected chi connectivity index (χ2v) is 3.61. The van der Waals surface area contributed by atoms with Crippen molar-refractivity contribution in [2.24, 2.45) is 0 Å². The fourth-order valence-corrected chi connectivity index (χ4v) is 1.73. The molecule has 1 aliphatic rings. The molecular formula is C10H21NO2. The summed E-state index contributed by atoms with van der Waals surface area (Å²) >= 11 is 0. The number of ether oxygens (including phenoxy) is 1. The molecule has 1 saturated carbocycles. The van der Waals surface area contributed by atoms with Gasteiger partial charge in [0.05, 0.1) is 18.8 Å². The Balaban J connectivity index is 2.05. The normalized spacial score (nSPS) is 29.1. The van der Waals surface area contributed by atoms with Crippen LogP contribution in [-0.4, -0.2) is 37.0 Å². The van der Waals surface area contributed by atoms with Crippen LogP contribution in [0.25, 0.3) is 0 Å². The zero-order valence-corrected chi connectivity index (χ0v) is 8.46. The van der Waals surface area contributed by atoms with Crippen molar-refractivity contribution in [3.8, 4) is 0 Å². The predicted octanol–water partition coefficient (Wildman–Crippen LogP) is 0.916. The lowest BCUT2D eigenvalue weighted by Crippen LogP contribution is -2.34. The number of hydrogen-bond donors (Lipinski definition) is 2. The van der Waals surface area contributed by atoms with Gasteiger partial charge in [-0.2, -0.15) is 0 Å². The van der Waals surface area contributed by atoms with Crippen molar-refractivity contribution < 1.29 is 9.84 Å². The first kappa shape index (κ1) is 11.0. The third-order valence-electron chi connectivity index (χ3n) is 2.53. The third-order valence-corrected chi connectivity index (χ3v) is 2.53. The average molecular weight is 187 g/mol. The molecule has 1 fully saturated rings. The van der Waals surface area contributed by atoms with Crippen LogP contribution in [0.1, 0.15) is 32.6 Å². The Hall–Kier alpha value is -0.120. The monoisotopic (exact) mass is 187 g/mol. The van der Waals surface area contributed by atoms with Crippen molar-refractivity contribution in [1.29, 1.82) is 0 Å². The maximum Gasteiger partial charge on any atom is 0.0834 e. The van der Waals surface area contributed by atoms with Crippen LogP contribution in [0.5, 0.6) is 0 Å². The minimum atomic E-state index is -0.227. The fraction of sp³-hybridized carbons (Fsp3) is 1.00. The Labute approximate surface area is 80.5 Å². The van der Waals surface area contributed by atoms with E-state index < -0.39 is 0 Å². The summed E-state index contributed by atoms with van der Waals surface area (Å²) in [5.74, 6) is 0. The highest BCUT2D eigenvalue weighted by atomic mass is 16.5. The third kappa shape index (κ3) is 4.07. The van der Waals surface area contributed by atoms with E-state index in [1.165, 1.54) is 6.42 Å². The first-order valence-electron chi connectivity index (χ1n) is 5.35. The molecule has 0 aromatic heterocycles. The first-order chi connectivity index (χ1) is 6.34. The maximum absolute atomic E-state index is 9.58. The molecule has 13 heavy (non-hydrogen) atoms. The van der Waals surface area contributed by atoms with Gasteiger partial charge in [-0.25, -0.2) is 0 Å². The number of nitrogens with one attached hydrogen (secondary N) is 1. The van der Waals surface area contributed by atoms with Gasteiger partial charge in [-0.15, -0.1) is 0 Å². The first-order valence-corrected chi connectivity index (χ1v) is 5.35. The zero-order chi connectivity index (χ0) is 9.52. The van der Waals surface area contributed by atoms with E-state index in [1.54, 1.807) is 0 Å². The van der Waals surface area contributed by atoms with Crippen LogP contribution < -0.4 is 5.32 Å². The van der Waals surface area contributed by atoms with E-state index in [9.17, 15) is 5.11 Å². The van der Waals surface area contributed by atoms with E-state index in [-0.39, 0.29) is 12.2 Å². The van der Waals surface area contributed by atoms with Gasteiger partial charge >= 0.3 is 0 Å². The molecule has 0 aromatic rings. The summed E-state index contributed by atoms with van der Waals surface area (Å²) in [6.45, 7) is 4.67. The second kappa shape index (κ2) is 6.35. The Morgan fingerprint density at radius 1 is 1.38 bits per heavy atom. The van der Waals surface area contributed by atoms with Gasteiger partial charge in [0.25, 0.3) is 0 Å². The van der Waals surface area contributed by atoms with Crippen LogP contribution in [0.4, 0.5) is 0 Å². The van der Waals surface area contributed by atoms with Gasteiger partial charge in [0, 0.05) is 6.54 Å². The standard InChI is InChI=1S/C10H21NO2/c1-2-11-7-8-13-10-6-4-3-5-9(10)12/h9-12H,2-8H2,1H3. The Bertz CT molecular complexity index is 130. The van der Waals surface area contributed by atoms with Crippen molar-refractivity contribution in [2.75, 3.05) is 19.7 Å². The molecule has 0 aromatic carbocycles. The average Bonchev–Trinajstić information content (AvgIpc) is 2.15. The Morgan fingerprint density at radius 2 is 2.15 bits per heavy atom. The lowest BCUT2D eigenvalue weighted by Gasteiger charge is -2.27. The van der Waals surface area contributed by atoms with Gasteiger partial charge in [-0.05, 0) is 19.4 Å². The van der Waals surface area contributed by atoms with E-state index >= 15 is 0 Å². The summed E-state index contributed by atoms with van der Waals surface area (Å²) in [6.07, 6.45) is 4.14. The SMILES string of the molecule is CCNCCOC1CCCCC1O. The van der Waals surface area contributed by atoms with E-state index in [2.05, 4.69) is 12.2 Å². The summed E-state index contributed by atoms with van der Waals surface area (Å²) < 4.78 is 5.58. The van der Waals surface area contributed by atoms with Crippen LogP contribution in [0, 0.1) is 0 Å². The van der Waals surface area contributed by atoms with Crippen LogP contribution in [-0.2, 0) is 4.74 Å². The molecule has 0 aliphatic heterocycles. The molecule has 0 bridgehead atoms. The van der Waals surface area contributed by atoms with Crippen LogP contribution in [0.3, 0.4) is 0 Å². The molecule has 3 nitrogen and oxygen atoms in total. The van der Waals surface area contributed by atoms with E-state index in [0.717, 1.165) is 39.0 Å². The molecule has 0 radical (unpaired) electrons. The van der Waals surface area contributed by atoms with Gasteiger partial charge in [0.1, 0.15) is 0 Å². The number of aliphatic hydroxyl groups excluding tert-OH is 1. The lowest BCUT2D eigenvalue weighted by molar-refractivity contribution is -0.0571. The molecule has 1 aliphatic carbocycles. The zero-order valence-electron chi connectivity index (χ0n) is 8.46. The molecular weight excluding hydrogens is 166 g/mol. The molecule has 3 heteroatoms. The molecule has 2 unspecified atom stereocenters. The molecule has 1 rings (SSSR count).